The van der Waals surface area contributed by atoms with Crippen molar-refractivity contribution in [1.29, 1.82) is 0 Å². The van der Waals surface area contributed by atoms with E-state index in [0.717, 1.165) is 0 Å². The van der Waals surface area contributed by atoms with Gasteiger partial charge in [0.05, 0.1) is 0 Å². The fourth-order valence-electron chi connectivity index (χ4n) is 1.27. The Bertz CT molecular complexity index is 304. The molecule has 0 aromatic carbocycles. The predicted octanol–water partition coefficient (Wildman–Crippen LogP) is 0.365. The highest BCUT2D eigenvalue weighted by atomic mass is 16.2. The van der Waals surface area contributed by atoms with Crippen molar-refractivity contribution in [3.8, 4) is 0 Å². The highest BCUT2D eigenvalue weighted by molar-refractivity contribution is 5.81. The first kappa shape index (κ1) is 11.1. The smallest absolute Gasteiger partial charge is 0.237 e. The summed E-state index contributed by atoms with van der Waals surface area (Å²) < 4.78 is 0. The van der Waals surface area contributed by atoms with Crippen molar-refractivity contribution in [3.05, 3.63) is 20.9 Å². The zero-order chi connectivity index (χ0) is 11.1. The number of nitrogens with zero attached hydrogens (tertiary/aromatic N) is 7. The van der Waals surface area contributed by atoms with Crippen LogP contribution in [-0.2, 0) is 4.79 Å². The van der Waals surface area contributed by atoms with Crippen LogP contribution in [0, 0.1) is 0 Å². The highest BCUT2D eigenvalue weighted by Crippen LogP contribution is 2.03. The second-order valence-electron chi connectivity index (χ2n) is 2.86. The van der Waals surface area contributed by atoms with Crippen LogP contribution in [0.5, 0.6) is 0 Å². The average Bonchev–Trinajstić information content (AvgIpc) is 2.29. The second-order valence-corrected chi connectivity index (χ2v) is 2.86. The fourth-order valence-corrected chi connectivity index (χ4v) is 1.27. The summed E-state index contributed by atoms with van der Waals surface area (Å²) in [7, 11) is 0. The van der Waals surface area contributed by atoms with E-state index in [4.69, 9.17) is 11.1 Å². The van der Waals surface area contributed by atoms with Crippen LogP contribution < -0.4 is 5.32 Å². The molecule has 1 aliphatic heterocycles. The summed E-state index contributed by atoms with van der Waals surface area (Å²) in [5.41, 5.74) is 16.4. The third-order valence-corrected chi connectivity index (χ3v) is 1.97. The number of hydrogen-bond acceptors (Lipinski definition) is 4. The lowest BCUT2D eigenvalue weighted by Crippen LogP contribution is -2.49. The molecule has 9 nitrogen and oxygen atoms in total. The molecule has 0 bridgehead atoms. The molecule has 0 atom stereocenters. The monoisotopic (exact) mass is 210 g/mol. The number of carbonyl (C=O) groups excluding carboxylic acids is 1. The summed E-state index contributed by atoms with van der Waals surface area (Å²) >= 11 is 0. The van der Waals surface area contributed by atoms with Crippen molar-refractivity contribution in [2.75, 3.05) is 26.2 Å². The summed E-state index contributed by atoms with van der Waals surface area (Å²) in [5.74, 6) is -0.452. The second kappa shape index (κ2) is 5.71. The molecule has 1 aliphatic rings. The number of piperazine rings is 1. The SMILES string of the molecule is [N-]=[N+]=NC(N=[N+]=[N-])C(=O)N1CCNCC1. The number of azide groups is 1. The van der Waals surface area contributed by atoms with E-state index in [0.29, 0.717) is 26.2 Å². The molecule has 1 amide bonds. The molecule has 0 aromatic heterocycles. The van der Waals surface area contributed by atoms with E-state index < -0.39 is 12.1 Å². The van der Waals surface area contributed by atoms with Crippen LogP contribution in [0.15, 0.2) is 10.2 Å². The van der Waals surface area contributed by atoms with Gasteiger partial charge < -0.3 is 10.2 Å². The van der Waals surface area contributed by atoms with Gasteiger partial charge in [-0.05, 0) is 11.1 Å². The largest absolute Gasteiger partial charge is 0.340 e. The maximum Gasteiger partial charge on any atom is 0.237 e. The molecule has 1 N–H and O–H groups in total. The Morgan fingerprint density at radius 1 is 1.27 bits per heavy atom. The summed E-state index contributed by atoms with van der Waals surface area (Å²) in [4.78, 5) is 18.1. The summed E-state index contributed by atoms with van der Waals surface area (Å²) in [6, 6.07) is 0. The van der Waals surface area contributed by atoms with Gasteiger partial charge in [0.25, 0.3) is 0 Å². The van der Waals surface area contributed by atoms with E-state index in [9.17, 15) is 4.79 Å². The van der Waals surface area contributed by atoms with Gasteiger partial charge in [-0.3, -0.25) is 4.79 Å². The molecule has 80 valence electrons. The van der Waals surface area contributed by atoms with Crippen molar-refractivity contribution >= 4 is 5.91 Å². The normalized spacial score (nSPS) is 17.2. The summed E-state index contributed by atoms with van der Waals surface area (Å²) in [6.45, 7) is 2.42. The highest BCUT2D eigenvalue weighted by Gasteiger charge is 2.23. The fraction of sp³-hybridized carbons (Fsp3) is 0.833. The Morgan fingerprint density at radius 2 is 1.80 bits per heavy atom. The molecule has 0 saturated carbocycles. The minimum atomic E-state index is -1.31. The van der Waals surface area contributed by atoms with Gasteiger partial charge in [0, 0.05) is 36.0 Å². The lowest BCUT2D eigenvalue weighted by Gasteiger charge is -2.28. The standard InChI is InChI=1S/C6H10N8O/c7-12-10-5(11-13-8)6(15)14-3-1-9-2-4-14/h5,9H,1-4H2. The number of rotatable bonds is 3. The number of nitrogens with one attached hydrogen (secondary N) is 1. The third-order valence-electron chi connectivity index (χ3n) is 1.97. The molecule has 0 unspecified atom stereocenters. The van der Waals surface area contributed by atoms with Crippen LogP contribution in [0.2, 0.25) is 0 Å². The van der Waals surface area contributed by atoms with E-state index >= 15 is 0 Å². The molecule has 0 aliphatic carbocycles. The maximum absolute atomic E-state index is 11.6. The minimum Gasteiger partial charge on any atom is -0.340 e. The summed E-state index contributed by atoms with van der Waals surface area (Å²) in [5, 5.41) is 9.35. The minimum absolute atomic E-state index is 0.452. The molecule has 0 radical (unpaired) electrons. The van der Waals surface area contributed by atoms with Gasteiger partial charge in [0.1, 0.15) is 0 Å². The van der Waals surface area contributed by atoms with E-state index in [1.807, 2.05) is 0 Å². The molecule has 9 heteroatoms. The van der Waals surface area contributed by atoms with Crippen LogP contribution in [0.3, 0.4) is 0 Å². The van der Waals surface area contributed by atoms with Gasteiger partial charge in [-0.1, -0.05) is 10.2 Å². The predicted molar refractivity (Wildman–Crippen MR) is 51.5 cm³/mol. The van der Waals surface area contributed by atoms with Crippen molar-refractivity contribution in [2.45, 2.75) is 6.17 Å². The van der Waals surface area contributed by atoms with Gasteiger partial charge in [0.2, 0.25) is 5.91 Å². The lowest BCUT2D eigenvalue weighted by molar-refractivity contribution is -0.132. The van der Waals surface area contributed by atoms with Crippen LogP contribution >= 0.6 is 0 Å². The molecule has 1 rings (SSSR count). The Labute approximate surface area is 85.3 Å². The van der Waals surface area contributed by atoms with Crippen LogP contribution in [0.4, 0.5) is 0 Å². The van der Waals surface area contributed by atoms with Gasteiger partial charge in [-0.2, -0.15) is 0 Å². The van der Waals surface area contributed by atoms with E-state index in [1.165, 1.54) is 4.90 Å². The van der Waals surface area contributed by atoms with Gasteiger partial charge in [-0.25, -0.2) is 0 Å². The first-order valence-electron chi connectivity index (χ1n) is 4.37. The number of amides is 1. The molecular weight excluding hydrogens is 200 g/mol. The Kier molecular flexibility index (Phi) is 4.24. The van der Waals surface area contributed by atoms with Crippen molar-refractivity contribution in [1.82, 2.24) is 10.2 Å². The average molecular weight is 210 g/mol. The van der Waals surface area contributed by atoms with Crippen molar-refractivity contribution < 1.29 is 4.79 Å². The Hall–Kier alpha value is -1.95. The maximum atomic E-state index is 11.6. The molecular formula is C6H10N8O. The van der Waals surface area contributed by atoms with Gasteiger partial charge in [-0.15, -0.1) is 0 Å². The quantitative estimate of drug-likeness (QED) is 0.409. The summed E-state index contributed by atoms with van der Waals surface area (Å²) in [6.07, 6.45) is -1.31. The van der Waals surface area contributed by atoms with E-state index in [-0.39, 0.29) is 0 Å². The molecule has 0 spiro atoms. The zero-order valence-electron chi connectivity index (χ0n) is 7.94. The molecule has 1 fully saturated rings. The van der Waals surface area contributed by atoms with E-state index in [2.05, 4.69) is 25.4 Å². The van der Waals surface area contributed by atoms with Crippen molar-refractivity contribution in [3.63, 3.8) is 0 Å². The Balaban J connectivity index is 2.69. The Morgan fingerprint density at radius 3 is 2.27 bits per heavy atom. The number of hydrogen-bond donors (Lipinski definition) is 1. The molecule has 1 heterocycles. The first-order valence-corrected chi connectivity index (χ1v) is 4.37. The van der Waals surface area contributed by atoms with Crippen molar-refractivity contribution in [2.24, 2.45) is 10.2 Å². The molecule has 1 saturated heterocycles. The van der Waals surface area contributed by atoms with Gasteiger partial charge in [0.15, 0.2) is 6.17 Å². The topological polar surface area (TPSA) is 130 Å². The van der Waals surface area contributed by atoms with Crippen LogP contribution in [-0.4, -0.2) is 43.2 Å². The zero-order valence-corrected chi connectivity index (χ0v) is 7.94. The first-order chi connectivity index (χ1) is 7.29. The van der Waals surface area contributed by atoms with E-state index in [1.54, 1.807) is 0 Å². The van der Waals surface area contributed by atoms with Crippen LogP contribution in [0.1, 0.15) is 0 Å². The van der Waals surface area contributed by atoms with Crippen LogP contribution in [0.25, 0.3) is 20.9 Å². The number of carbonyl (C=O) groups is 1. The molecule has 15 heavy (non-hydrogen) atoms. The lowest BCUT2D eigenvalue weighted by atomic mass is 10.3. The van der Waals surface area contributed by atoms with Gasteiger partial charge >= 0.3 is 0 Å². The molecule has 0 aromatic rings. The third kappa shape index (κ3) is 3.03.